The van der Waals surface area contributed by atoms with E-state index in [1.54, 1.807) is 19.9 Å². The lowest BCUT2D eigenvalue weighted by molar-refractivity contribution is 0.232. The average molecular weight is 196 g/mol. The zero-order valence-electron chi connectivity index (χ0n) is 8.16. The van der Waals surface area contributed by atoms with Crippen LogP contribution in [0.5, 0.6) is 5.75 Å². The third kappa shape index (κ3) is 2.85. The van der Waals surface area contributed by atoms with Crippen molar-refractivity contribution in [1.29, 1.82) is 0 Å². The summed E-state index contributed by atoms with van der Waals surface area (Å²) in [6, 6.07) is 3.77. The maximum Gasteiger partial charge on any atom is 0.127 e. The fourth-order valence-electron chi connectivity index (χ4n) is 1.06. The molecule has 0 fully saturated rings. The first kappa shape index (κ1) is 10.7. The summed E-state index contributed by atoms with van der Waals surface area (Å²) in [7, 11) is 0. The molecular weight excluding hydrogens is 183 g/mol. The number of hydrogen-bond acceptors (Lipinski definition) is 2. The van der Waals surface area contributed by atoms with E-state index >= 15 is 0 Å². The summed E-state index contributed by atoms with van der Waals surface area (Å²) >= 11 is 0. The van der Waals surface area contributed by atoms with Crippen LogP contribution in [0.4, 0.5) is 4.39 Å². The van der Waals surface area contributed by atoms with Crippen molar-refractivity contribution in [3.05, 3.63) is 35.2 Å². The van der Waals surface area contributed by atoms with Gasteiger partial charge in [-0.1, -0.05) is 6.08 Å². The number of rotatable bonds is 2. The van der Waals surface area contributed by atoms with E-state index in [0.29, 0.717) is 5.56 Å². The molecule has 14 heavy (non-hydrogen) atoms. The van der Waals surface area contributed by atoms with Crippen molar-refractivity contribution in [1.82, 2.24) is 0 Å². The topological polar surface area (TPSA) is 40.5 Å². The normalized spacial score (nSPS) is 14.1. The van der Waals surface area contributed by atoms with Gasteiger partial charge in [-0.15, -0.1) is 0 Å². The number of aliphatic hydroxyl groups is 1. The van der Waals surface area contributed by atoms with Crippen LogP contribution in [0.25, 0.3) is 6.08 Å². The quantitative estimate of drug-likeness (QED) is 0.762. The molecule has 1 aromatic rings. The Bertz CT molecular complexity index is 336. The second-order valence-corrected chi connectivity index (χ2v) is 3.31. The standard InChI is InChI=1S/C11H13FO2/c1-7(8(2)13)3-9-4-10(12)6-11(14)5-9/h3-6,8,13-14H,1-2H3/b7-3+. The van der Waals surface area contributed by atoms with Gasteiger partial charge in [0.05, 0.1) is 6.10 Å². The molecule has 1 rings (SSSR count). The molecule has 1 unspecified atom stereocenters. The largest absolute Gasteiger partial charge is 0.508 e. The SMILES string of the molecule is C/C(=C\c1cc(O)cc(F)c1)C(C)O. The lowest BCUT2D eigenvalue weighted by Crippen LogP contribution is -2.00. The second-order valence-electron chi connectivity index (χ2n) is 3.31. The zero-order chi connectivity index (χ0) is 10.7. The molecule has 0 aliphatic carbocycles. The summed E-state index contributed by atoms with van der Waals surface area (Å²) in [5.41, 5.74) is 1.26. The van der Waals surface area contributed by atoms with Crippen LogP contribution in [0.3, 0.4) is 0 Å². The number of benzene rings is 1. The molecule has 76 valence electrons. The smallest absolute Gasteiger partial charge is 0.127 e. The second kappa shape index (κ2) is 4.24. The summed E-state index contributed by atoms with van der Waals surface area (Å²) in [6.45, 7) is 3.37. The monoisotopic (exact) mass is 196 g/mol. The number of phenolic OH excluding ortho intramolecular Hbond substituents is 1. The number of phenols is 1. The molecule has 1 aromatic carbocycles. The minimum atomic E-state index is -0.569. The first-order valence-corrected chi connectivity index (χ1v) is 4.35. The highest BCUT2D eigenvalue weighted by molar-refractivity contribution is 5.55. The van der Waals surface area contributed by atoms with Crippen LogP contribution in [0.2, 0.25) is 0 Å². The Hall–Kier alpha value is -1.35. The van der Waals surface area contributed by atoms with E-state index in [1.807, 2.05) is 0 Å². The third-order valence-electron chi connectivity index (χ3n) is 1.96. The van der Waals surface area contributed by atoms with Gasteiger partial charge < -0.3 is 10.2 Å². The Morgan fingerprint density at radius 3 is 2.57 bits per heavy atom. The fourth-order valence-corrected chi connectivity index (χ4v) is 1.06. The Morgan fingerprint density at radius 2 is 2.07 bits per heavy atom. The van der Waals surface area contributed by atoms with Gasteiger partial charge in [-0.3, -0.25) is 0 Å². The van der Waals surface area contributed by atoms with Crippen molar-refractivity contribution >= 4 is 6.08 Å². The van der Waals surface area contributed by atoms with Crippen LogP contribution >= 0.6 is 0 Å². The number of aromatic hydroxyl groups is 1. The molecule has 0 saturated heterocycles. The molecule has 0 radical (unpaired) electrons. The van der Waals surface area contributed by atoms with Gasteiger partial charge in [0, 0.05) is 6.07 Å². The van der Waals surface area contributed by atoms with E-state index in [9.17, 15) is 9.50 Å². The maximum absolute atomic E-state index is 12.8. The minimum absolute atomic E-state index is 0.116. The summed E-state index contributed by atoms with van der Waals surface area (Å²) in [5.74, 6) is -0.607. The molecule has 0 spiro atoms. The molecule has 2 N–H and O–H groups in total. The molecular formula is C11H13FO2. The van der Waals surface area contributed by atoms with Crippen LogP contribution in [0.15, 0.2) is 23.8 Å². The van der Waals surface area contributed by atoms with Gasteiger partial charge in [-0.25, -0.2) is 4.39 Å². The van der Waals surface area contributed by atoms with E-state index in [0.717, 1.165) is 11.6 Å². The van der Waals surface area contributed by atoms with Crippen molar-refractivity contribution in [3.8, 4) is 5.75 Å². The fraction of sp³-hybridized carbons (Fsp3) is 0.273. The summed E-state index contributed by atoms with van der Waals surface area (Å²) in [6.07, 6.45) is 1.06. The van der Waals surface area contributed by atoms with Crippen molar-refractivity contribution in [3.63, 3.8) is 0 Å². The molecule has 0 amide bonds. The van der Waals surface area contributed by atoms with Crippen LogP contribution in [-0.4, -0.2) is 16.3 Å². The van der Waals surface area contributed by atoms with Crippen LogP contribution in [0.1, 0.15) is 19.4 Å². The summed E-state index contributed by atoms with van der Waals surface area (Å²) in [4.78, 5) is 0. The zero-order valence-corrected chi connectivity index (χ0v) is 8.16. The molecule has 1 atom stereocenters. The van der Waals surface area contributed by atoms with Gasteiger partial charge in [-0.2, -0.15) is 0 Å². The van der Waals surface area contributed by atoms with Crippen molar-refractivity contribution in [2.24, 2.45) is 0 Å². The highest BCUT2D eigenvalue weighted by atomic mass is 19.1. The predicted octanol–water partition coefficient (Wildman–Crippen LogP) is 2.32. The Labute approximate surface area is 82.3 Å². The summed E-state index contributed by atoms with van der Waals surface area (Å²) < 4.78 is 12.8. The highest BCUT2D eigenvalue weighted by Gasteiger charge is 2.01. The van der Waals surface area contributed by atoms with Gasteiger partial charge in [0.2, 0.25) is 0 Å². The Kier molecular flexibility index (Phi) is 3.25. The number of aliphatic hydroxyl groups excluding tert-OH is 1. The summed E-state index contributed by atoms with van der Waals surface area (Å²) in [5, 5.41) is 18.3. The molecule has 0 aromatic heterocycles. The van der Waals surface area contributed by atoms with E-state index in [-0.39, 0.29) is 5.75 Å². The molecule has 0 aliphatic heterocycles. The van der Waals surface area contributed by atoms with Gasteiger partial charge in [0.25, 0.3) is 0 Å². The first-order valence-electron chi connectivity index (χ1n) is 4.35. The van der Waals surface area contributed by atoms with E-state index in [2.05, 4.69) is 0 Å². The molecule has 0 heterocycles. The van der Waals surface area contributed by atoms with E-state index in [4.69, 9.17) is 5.11 Å². The first-order chi connectivity index (χ1) is 6.49. The lowest BCUT2D eigenvalue weighted by Gasteiger charge is -2.04. The molecule has 0 aliphatic rings. The van der Waals surface area contributed by atoms with Crippen LogP contribution in [0, 0.1) is 5.82 Å². The van der Waals surface area contributed by atoms with Crippen LogP contribution < -0.4 is 0 Å². The third-order valence-corrected chi connectivity index (χ3v) is 1.96. The minimum Gasteiger partial charge on any atom is -0.508 e. The van der Waals surface area contributed by atoms with Crippen molar-refractivity contribution < 1.29 is 14.6 Å². The molecule has 2 nitrogen and oxygen atoms in total. The Morgan fingerprint density at radius 1 is 1.43 bits per heavy atom. The predicted molar refractivity (Wildman–Crippen MR) is 53.4 cm³/mol. The van der Waals surface area contributed by atoms with E-state index in [1.165, 1.54) is 12.1 Å². The number of halogens is 1. The maximum atomic E-state index is 12.8. The van der Waals surface area contributed by atoms with E-state index < -0.39 is 11.9 Å². The highest BCUT2D eigenvalue weighted by Crippen LogP contribution is 2.17. The molecule has 0 bridgehead atoms. The number of hydrogen-bond donors (Lipinski definition) is 2. The lowest BCUT2D eigenvalue weighted by atomic mass is 10.1. The van der Waals surface area contributed by atoms with Crippen molar-refractivity contribution in [2.45, 2.75) is 20.0 Å². The van der Waals surface area contributed by atoms with Crippen LogP contribution in [-0.2, 0) is 0 Å². The molecule has 3 heteroatoms. The van der Waals surface area contributed by atoms with Crippen molar-refractivity contribution in [2.75, 3.05) is 0 Å². The van der Waals surface area contributed by atoms with Gasteiger partial charge >= 0.3 is 0 Å². The van der Waals surface area contributed by atoms with Gasteiger partial charge in [0.1, 0.15) is 11.6 Å². The van der Waals surface area contributed by atoms with Gasteiger partial charge in [-0.05, 0) is 37.1 Å². The molecule has 0 saturated carbocycles. The van der Waals surface area contributed by atoms with Gasteiger partial charge in [0.15, 0.2) is 0 Å². The average Bonchev–Trinajstić information content (AvgIpc) is 2.01. The Balaban J connectivity index is 3.02.